The molecular weight excluding hydrogens is 389 g/mol. The molecule has 0 spiro atoms. The summed E-state index contributed by atoms with van der Waals surface area (Å²) in [4.78, 5) is 14.9. The number of halogens is 2. The molecule has 1 unspecified atom stereocenters. The maximum atomic E-state index is 13.5. The molecule has 1 heterocycles. The summed E-state index contributed by atoms with van der Waals surface area (Å²) in [6.45, 7) is 11.6. The Kier molecular flexibility index (Phi) is 6.90. The fourth-order valence-corrected chi connectivity index (χ4v) is 4.20. The summed E-state index contributed by atoms with van der Waals surface area (Å²) < 4.78 is 13.5. The van der Waals surface area contributed by atoms with Crippen molar-refractivity contribution in [1.29, 1.82) is 0 Å². The van der Waals surface area contributed by atoms with Crippen molar-refractivity contribution >= 4 is 17.5 Å². The lowest BCUT2D eigenvalue weighted by Crippen LogP contribution is -2.48. The molecule has 0 radical (unpaired) electrons. The van der Waals surface area contributed by atoms with Crippen LogP contribution in [0.25, 0.3) is 0 Å². The van der Waals surface area contributed by atoms with E-state index in [0.717, 1.165) is 25.9 Å². The van der Waals surface area contributed by atoms with Crippen molar-refractivity contribution in [2.75, 3.05) is 19.6 Å². The van der Waals surface area contributed by atoms with Crippen LogP contribution in [0.4, 0.5) is 4.39 Å². The molecule has 1 atom stereocenters. The van der Waals surface area contributed by atoms with E-state index in [2.05, 4.69) is 43.2 Å². The molecule has 1 amide bonds. The number of amides is 1. The minimum Gasteiger partial charge on any atom is -0.383 e. The Bertz CT molecular complexity index is 753. The van der Waals surface area contributed by atoms with Crippen molar-refractivity contribution in [3.8, 4) is 0 Å². The number of carbonyl (C=O) groups excluding carboxylic acids is 1. The number of hydrogen-bond acceptors (Lipinski definition) is 3. The van der Waals surface area contributed by atoms with Crippen LogP contribution in [0.5, 0.6) is 0 Å². The molecule has 2 fully saturated rings. The van der Waals surface area contributed by atoms with E-state index < -0.39 is 5.82 Å². The zero-order chi connectivity index (χ0) is 21.2. The normalized spacial score (nSPS) is 19.0. The smallest absolute Gasteiger partial charge is 0.251 e. The highest BCUT2D eigenvalue weighted by Gasteiger charge is 2.30. The largest absolute Gasteiger partial charge is 0.383 e. The van der Waals surface area contributed by atoms with Crippen LogP contribution in [0.1, 0.15) is 63.7 Å². The molecule has 1 aromatic rings. The standard InChI is InChI=1S/C23H33ClFN3O/c1-15(21(17-5-6-17)27-23(2,3)4)28-9-7-16(8-10-28)14-26-22(29)18-11-19(24)13-20(25)12-18/h11-13,15-16,27H,5-10,14H2,1-4H3,(H,26,29). The second-order valence-electron chi connectivity index (χ2n) is 9.42. The summed E-state index contributed by atoms with van der Waals surface area (Å²) in [6.07, 6.45) is 4.53. The molecule has 1 aliphatic heterocycles. The van der Waals surface area contributed by atoms with Crippen LogP contribution in [-0.2, 0) is 0 Å². The van der Waals surface area contributed by atoms with Crippen molar-refractivity contribution < 1.29 is 9.18 Å². The van der Waals surface area contributed by atoms with E-state index in [1.807, 2.05) is 0 Å². The maximum absolute atomic E-state index is 13.5. The first-order chi connectivity index (χ1) is 13.6. The number of carbonyl (C=O) groups is 1. The molecule has 1 saturated carbocycles. The quantitative estimate of drug-likeness (QED) is 0.696. The van der Waals surface area contributed by atoms with Crippen molar-refractivity contribution in [2.24, 2.45) is 5.92 Å². The Balaban J connectivity index is 1.49. The number of nitrogens with zero attached hydrogens (tertiary/aromatic N) is 1. The average Bonchev–Trinajstić information content (AvgIpc) is 3.47. The van der Waals surface area contributed by atoms with Gasteiger partial charge in [-0.1, -0.05) is 11.6 Å². The van der Waals surface area contributed by atoms with Crippen molar-refractivity contribution in [3.05, 3.63) is 45.9 Å². The molecule has 1 aromatic carbocycles. The first kappa shape index (κ1) is 22.1. The topological polar surface area (TPSA) is 44.4 Å². The van der Waals surface area contributed by atoms with Gasteiger partial charge in [0.2, 0.25) is 0 Å². The fraction of sp³-hybridized carbons (Fsp3) is 0.609. The highest BCUT2D eigenvalue weighted by atomic mass is 35.5. The van der Waals surface area contributed by atoms with E-state index in [4.69, 9.17) is 11.6 Å². The third-order valence-corrected chi connectivity index (χ3v) is 5.90. The van der Waals surface area contributed by atoms with Crippen molar-refractivity contribution in [1.82, 2.24) is 15.5 Å². The van der Waals surface area contributed by atoms with Crippen LogP contribution < -0.4 is 10.6 Å². The molecule has 1 saturated heterocycles. The van der Waals surface area contributed by atoms with Gasteiger partial charge in [0.25, 0.3) is 5.91 Å². The van der Waals surface area contributed by atoms with Gasteiger partial charge < -0.3 is 10.6 Å². The second-order valence-corrected chi connectivity index (χ2v) is 9.85. The van der Waals surface area contributed by atoms with E-state index >= 15 is 0 Å². The first-order valence-electron chi connectivity index (χ1n) is 10.6. The number of hydrogen-bond donors (Lipinski definition) is 2. The van der Waals surface area contributed by atoms with E-state index in [-0.39, 0.29) is 22.0 Å². The lowest BCUT2D eigenvalue weighted by molar-refractivity contribution is 0.0930. The van der Waals surface area contributed by atoms with Crippen LogP contribution in [0, 0.1) is 11.7 Å². The van der Waals surface area contributed by atoms with Crippen LogP contribution in [0.15, 0.2) is 29.5 Å². The summed E-state index contributed by atoms with van der Waals surface area (Å²) in [6, 6.07) is 4.33. The molecule has 1 aliphatic carbocycles. The predicted octanol–water partition coefficient (Wildman–Crippen LogP) is 4.75. The van der Waals surface area contributed by atoms with Crippen LogP contribution in [-0.4, -0.2) is 42.0 Å². The molecule has 29 heavy (non-hydrogen) atoms. The number of likely N-dealkylation sites (tertiary alicyclic amines) is 1. The molecule has 4 nitrogen and oxygen atoms in total. The van der Waals surface area contributed by atoms with Crippen molar-refractivity contribution in [3.63, 3.8) is 0 Å². The molecule has 6 heteroatoms. The number of piperidine rings is 1. The number of allylic oxidation sites excluding steroid dienone is 1. The second kappa shape index (κ2) is 9.05. The van der Waals surface area contributed by atoms with Crippen LogP contribution in [0.3, 0.4) is 0 Å². The third-order valence-electron chi connectivity index (χ3n) is 5.68. The minimum absolute atomic E-state index is 0.0710. The van der Waals surface area contributed by atoms with Gasteiger partial charge in [0, 0.05) is 34.4 Å². The van der Waals surface area contributed by atoms with Gasteiger partial charge in [-0.2, -0.15) is 0 Å². The summed E-state index contributed by atoms with van der Waals surface area (Å²) >= 11 is 5.85. The summed E-state index contributed by atoms with van der Waals surface area (Å²) in [5, 5.41) is 6.92. The Morgan fingerprint density at radius 3 is 2.45 bits per heavy atom. The predicted molar refractivity (Wildman–Crippen MR) is 117 cm³/mol. The van der Waals surface area contributed by atoms with E-state index in [1.165, 1.54) is 36.7 Å². The van der Waals surface area contributed by atoms with Gasteiger partial charge in [-0.25, -0.2) is 4.39 Å². The van der Waals surface area contributed by atoms with Gasteiger partial charge in [-0.3, -0.25) is 9.69 Å². The molecule has 0 bridgehead atoms. The number of rotatable bonds is 6. The van der Waals surface area contributed by atoms with Crippen LogP contribution in [0.2, 0.25) is 5.02 Å². The highest BCUT2D eigenvalue weighted by Crippen LogP contribution is 2.34. The lowest BCUT2D eigenvalue weighted by atomic mass is 9.94. The molecule has 2 aliphatic rings. The fourth-order valence-electron chi connectivity index (χ4n) is 3.98. The molecule has 3 rings (SSSR count). The summed E-state index contributed by atoms with van der Waals surface area (Å²) in [5.41, 5.74) is 3.32. The monoisotopic (exact) mass is 421 g/mol. The zero-order valence-corrected chi connectivity index (χ0v) is 18.7. The third kappa shape index (κ3) is 6.45. The number of nitrogens with one attached hydrogen (secondary N) is 2. The van der Waals surface area contributed by atoms with Crippen molar-refractivity contribution in [2.45, 2.75) is 65.0 Å². The molecular formula is C23H33ClFN3O. The van der Waals surface area contributed by atoms with E-state index in [0.29, 0.717) is 18.5 Å². The Labute approximate surface area is 178 Å². The van der Waals surface area contributed by atoms with Gasteiger partial charge >= 0.3 is 0 Å². The van der Waals surface area contributed by atoms with E-state index in [1.54, 1.807) is 5.57 Å². The summed E-state index contributed by atoms with van der Waals surface area (Å²) in [5.74, 6) is -0.314. The van der Waals surface area contributed by atoms with Crippen LogP contribution >= 0.6 is 11.6 Å². The zero-order valence-electron chi connectivity index (χ0n) is 17.9. The van der Waals surface area contributed by atoms with Gasteiger partial charge in [-0.15, -0.1) is 0 Å². The Morgan fingerprint density at radius 1 is 1.24 bits per heavy atom. The lowest BCUT2D eigenvalue weighted by Gasteiger charge is -2.39. The SMILES string of the molecule is CC(C(NC(C)(C)C)=C1CC1)N1CCC(CNC(=O)c2cc(F)cc(Cl)c2)CC1. The molecule has 0 aromatic heterocycles. The van der Waals surface area contributed by atoms with E-state index in [9.17, 15) is 9.18 Å². The minimum atomic E-state index is -0.491. The Hall–Kier alpha value is -1.59. The molecule has 2 N–H and O–H groups in total. The van der Waals surface area contributed by atoms with Gasteiger partial charge in [-0.05, 0) is 96.2 Å². The Morgan fingerprint density at radius 2 is 1.90 bits per heavy atom. The first-order valence-corrected chi connectivity index (χ1v) is 11.0. The number of benzene rings is 1. The van der Waals surface area contributed by atoms with Gasteiger partial charge in [0.05, 0.1) is 0 Å². The maximum Gasteiger partial charge on any atom is 0.251 e. The molecule has 160 valence electrons. The van der Waals surface area contributed by atoms with Gasteiger partial charge in [0.1, 0.15) is 5.82 Å². The average molecular weight is 422 g/mol. The highest BCUT2D eigenvalue weighted by molar-refractivity contribution is 6.31. The van der Waals surface area contributed by atoms with Gasteiger partial charge in [0.15, 0.2) is 0 Å². The summed E-state index contributed by atoms with van der Waals surface area (Å²) in [7, 11) is 0.